The monoisotopic (exact) mass is 1120 g/mol. The van der Waals surface area contributed by atoms with Gasteiger partial charge in [-0.05, 0) is 122 Å². The maximum absolute atomic E-state index is 13.0. The average molecular weight is 1130 g/mol. The van der Waals surface area contributed by atoms with Gasteiger partial charge in [0.05, 0.1) is 0 Å². The number of rotatable bonds is 62. The summed E-state index contributed by atoms with van der Waals surface area (Å²) >= 11 is 0. The van der Waals surface area contributed by atoms with Gasteiger partial charge in [-0.15, -0.1) is 0 Å². The lowest BCUT2D eigenvalue weighted by Crippen LogP contribution is -2.30. The second-order valence-electron chi connectivity index (χ2n) is 22.7. The standard InChI is InChI=1S/C75H128O6/c1-4-7-10-13-16-19-22-25-28-31-33-35-36-37-38-40-41-44-47-50-53-56-59-62-65-68-74(77)80-71-72(70-79-73(76)67-64-61-58-55-52-49-46-43-30-27-24-21-18-15-12-9-6-3)81-75(78)69-66-63-60-57-54-51-48-45-42-39-34-32-29-26-23-20-17-14-11-8-5-2/h8-9,11-12,17-18,20-21,26-27,29-31,33-34,39,46,49,72H,4-7,10,13-16,19,22-25,28,32,35-38,40-45,47-48,50-71H2,1-3H3/b11-8-,12-9-,20-17-,21-18-,29-26-,30-27-,33-31-,39-34-,49-46-. The van der Waals surface area contributed by atoms with Crippen LogP contribution in [0.1, 0.15) is 329 Å². The number of carbonyl (C=O) groups excluding carboxylic acids is 3. The zero-order valence-corrected chi connectivity index (χ0v) is 53.3. The number of hydrogen-bond donors (Lipinski definition) is 0. The van der Waals surface area contributed by atoms with E-state index in [4.69, 9.17) is 14.2 Å². The zero-order chi connectivity index (χ0) is 58.5. The van der Waals surface area contributed by atoms with Gasteiger partial charge in [0.25, 0.3) is 0 Å². The smallest absolute Gasteiger partial charge is 0.306 e. The molecule has 0 aromatic heterocycles. The Balaban J connectivity index is 4.38. The second-order valence-corrected chi connectivity index (χ2v) is 22.7. The van der Waals surface area contributed by atoms with Crippen LogP contribution in [0.2, 0.25) is 0 Å². The summed E-state index contributed by atoms with van der Waals surface area (Å²) in [6.07, 6.45) is 93.9. The Morgan fingerprint density at radius 3 is 0.765 bits per heavy atom. The Bertz CT molecular complexity index is 1620. The van der Waals surface area contributed by atoms with E-state index in [2.05, 4.69) is 130 Å². The third kappa shape index (κ3) is 66.8. The third-order valence-corrected chi connectivity index (χ3v) is 14.7. The van der Waals surface area contributed by atoms with Crippen molar-refractivity contribution in [1.82, 2.24) is 0 Å². The predicted octanol–water partition coefficient (Wildman–Crippen LogP) is 23.8. The molecular weight excluding hydrogens is 997 g/mol. The lowest BCUT2D eigenvalue weighted by Gasteiger charge is -2.18. The van der Waals surface area contributed by atoms with Crippen molar-refractivity contribution in [2.45, 2.75) is 335 Å². The normalized spacial score (nSPS) is 12.8. The second kappa shape index (κ2) is 68.6. The minimum Gasteiger partial charge on any atom is -0.462 e. The van der Waals surface area contributed by atoms with E-state index < -0.39 is 6.10 Å². The van der Waals surface area contributed by atoms with Crippen LogP contribution >= 0.6 is 0 Å². The molecule has 464 valence electrons. The molecule has 0 saturated heterocycles. The van der Waals surface area contributed by atoms with Gasteiger partial charge in [-0.1, -0.05) is 297 Å². The molecule has 6 heteroatoms. The summed E-state index contributed by atoms with van der Waals surface area (Å²) in [4.78, 5) is 38.4. The van der Waals surface area contributed by atoms with E-state index in [-0.39, 0.29) is 31.1 Å². The van der Waals surface area contributed by atoms with Crippen molar-refractivity contribution < 1.29 is 28.6 Å². The van der Waals surface area contributed by atoms with Gasteiger partial charge in [-0.25, -0.2) is 0 Å². The predicted molar refractivity (Wildman–Crippen MR) is 353 cm³/mol. The van der Waals surface area contributed by atoms with Gasteiger partial charge in [0.1, 0.15) is 13.2 Å². The Kier molecular flexibility index (Phi) is 65.2. The largest absolute Gasteiger partial charge is 0.462 e. The van der Waals surface area contributed by atoms with Crippen LogP contribution in [0.25, 0.3) is 0 Å². The van der Waals surface area contributed by atoms with Gasteiger partial charge in [0, 0.05) is 19.3 Å². The number of allylic oxidation sites excluding steroid dienone is 18. The Hall–Kier alpha value is -3.93. The maximum Gasteiger partial charge on any atom is 0.306 e. The molecule has 0 radical (unpaired) electrons. The molecule has 1 unspecified atom stereocenters. The highest BCUT2D eigenvalue weighted by Crippen LogP contribution is 2.17. The fourth-order valence-electron chi connectivity index (χ4n) is 9.66. The average Bonchev–Trinajstić information content (AvgIpc) is 3.47. The van der Waals surface area contributed by atoms with Crippen molar-refractivity contribution in [1.29, 1.82) is 0 Å². The summed E-state index contributed by atoms with van der Waals surface area (Å²) in [5, 5.41) is 0. The molecule has 0 aliphatic heterocycles. The Labute approximate surface area is 501 Å². The van der Waals surface area contributed by atoms with Gasteiger partial charge in [0.15, 0.2) is 6.10 Å². The lowest BCUT2D eigenvalue weighted by atomic mass is 10.0. The third-order valence-electron chi connectivity index (χ3n) is 14.7. The summed E-state index contributed by atoms with van der Waals surface area (Å²) < 4.78 is 17.0. The van der Waals surface area contributed by atoms with Gasteiger partial charge < -0.3 is 14.2 Å². The van der Waals surface area contributed by atoms with E-state index >= 15 is 0 Å². The van der Waals surface area contributed by atoms with Crippen LogP contribution in [0, 0.1) is 0 Å². The molecule has 0 spiro atoms. The first-order chi connectivity index (χ1) is 40.0. The molecule has 0 aliphatic rings. The molecule has 0 rings (SSSR count). The molecule has 0 fully saturated rings. The van der Waals surface area contributed by atoms with Crippen LogP contribution in [0.3, 0.4) is 0 Å². The fourth-order valence-corrected chi connectivity index (χ4v) is 9.66. The first-order valence-corrected chi connectivity index (χ1v) is 34.4. The van der Waals surface area contributed by atoms with E-state index in [1.165, 1.54) is 161 Å². The summed E-state index contributed by atoms with van der Waals surface area (Å²) in [6.45, 7) is 6.42. The van der Waals surface area contributed by atoms with Crippen LogP contribution in [-0.4, -0.2) is 37.2 Å². The van der Waals surface area contributed by atoms with Crippen LogP contribution in [-0.2, 0) is 28.6 Å². The van der Waals surface area contributed by atoms with Crippen molar-refractivity contribution >= 4 is 17.9 Å². The minimum atomic E-state index is -0.797. The number of carbonyl (C=O) groups is 3. The molecule has 0 aliphatic carbocycles. The number of unbranched alkanes of at least 4 members (excludes halogenated alkanes) is 33. The van der Waals surface area contributed by atoms with E-state index in [1.54, 1.807) is 0 Å². The van der Waals surface area contributed by atoms with E-state index in [1.807, 2.05) is 0 Å². The topological polar surface area (TPSA) is 78.9 Å². The maximum atomic E-state index is 13.0. The van der Waals surface area contributed by atoms with Gasteiger partial charge >= 0.3 is 17.9 Å². The zero-order valence-electron chi connectivity index (χ0n) is 53.3. The molecular formula is C75H128O6. The highest BCUT2D eigenvalue weighted by molar-refractivity contribution is 5.71. The van der Waals surface area contributed by atoms with E-state index in [9.17, 15) is 14.4 Å². The summed E-state index contributed by atoms with van der Waals surface area (Å²) in [5.41, 5.74) is 0. The van der Waals surface area contributed by atoms with Crippen LogP contribution in [0.15, 0.2) is 109 Å². The van der Waals surface area contributed by atoms with Crippen LogP contribution in [0.4, 0.5) is 0 Å². The molecule has 0 amide bonds. The number of esters is 3. The number of hydrogen-bond acceptors (Lipinski definition) is 6. The quantitative estimate of drug-likeness (QED) is 0.0261. The molecule has 81 heavy (non-hydrogen) atoms. The van der Waals surface area contributed by atoms with Gasteiger partial charge in [-0.2, -0.15) is 0 Å². The Morgan fingerprint density at radius 1 is 0.259 bits per heavy atom. The molecule has 1 atom stereocenters. The molecule has 0 N–H and O–H groups in total. The van der Waals surface area contributed by atoms with Crippen molar-refractivity contribution in [3.05, 3.63) is 109 Å². The van der Waals surface area contributed by atoms with Crippen molar-refractivity contribution in [2.24, 2.45) is 0 Å². The molecule has 0 aromatic carbocycles. The van der Waals surface area contributed by atoms with Crippen molar-refractivity contribution in [3.8, 4) is 0 Å². The van der Waals surface area contributed by atoms with Crippen molar-refractivity contribution in [3.63, 3.8) is 0 Å². The van der Waals surface area contributed by atoms with Crippen molar-refractivity contribution in [2.75, 3.05) is 13.2 Å². The van der Waals surface area contributed by atoms with Gasteiger partial charge in [-0.3, -0.25) is 14.4 Å². The summed E-state index contributed by atoms with van der Waals surface area (Å²) in [6, 6.07) is 0. The summed E-state index contributed by atoms with van der Waals surface area (Å²) in [5.74, 6) is -0.910. The molecule has 0 heterocycles. The highest BCUT2D eigenvalue weighted by atomic mass is 16.6. The number of ether oxygens (including phenoxy) is 3. The molecule has 0 aromatic rings. The summed E-state index contributed by atoms with van der Waals surface area (Å²) in [7, 11) is 0. The molecule has 6 nitrogen and oxygen atoms in total. The first kappa shape index (κ1) is 77.1. The van der Waals surface area contributed by atoms with E-state index in [0.717, 1.165) is 128 Å². The van der Waals surface area contributed by atoms with Crippen LogP contribution in [0.5, 0.6) is 0 Å². The fraction of sp³-hybridized carbons (Fsp3) is 0.720. The van der Waals surface area contributed by atoms with E-state index in [0.29, 0.717) is 19.3 Å². The van der Waals surface area contributed by atoms with Gasteiger partial charge in [0.2, 0.25) is 0 Å². The Morgan fingerprint density at radius 2 is 0.481 bits per heavy atom. The highest BCUT2D eigenvalue weighted by Gasteiger charge is 2.19. The minimum absolute atomic E-state index is 0.0891. The molecule has 0 saturated carbocycles. The lowest BCUT2D eigenvalue weighted by molar-refractivity contribution is -0.167. The molecule has 0 bridgehead atoms. The van der Waals surface area contributed by atoms with Crippen LogP contribution < -0.4 is 0 Å². The first-order valence-electron chi connectivity index (χ1n) is 34.4. The SMILES string of the molecule is CC/C=C\C/C=C\C/C=C\C/C=C\CCCCCCCCCCC(=O)OC(COC(=O)CCCCCC/C=C\C/C=C\C/C=C\C/C=C\CC)COC(=O)CCCCCCCCCCCCCCC/C=C\CCCCCCCCCC.